The first-order valence-electron chi connectivity index (χ1n) is 5.13. The van der Waals surface area contributed by atoms with Crippen LogP contribution in [-0.2, 0) is 14.8 Å². The van der Waals surface area contributed by atoms with Crippen molar-refractivity contribution in [3.05, 3.63) is 0 Å². The number of ether oxygens (including phenoxy) is 1. The predicted octanol–water partition coefficient (Wildman–Crippen LogP) is 1.10. The summed E-state index contributed by atoms with van der Waals surface area (Å²) in [5.41, 5.74) is -0.417. The van der Waals surface area contributed by atoms with Crippen molar-refractivity contribution in [3.63, 3.8) is 0 Å². The lowest BCUT2D eigenvalue weighted by molar-refractivity contribution is 0.178. The lowest BCUT2D eigenvalue weighted by Crippen LogP contribution is -2.47. The van der Waals surface area contributed by atoms with Gasteiger partial charge in [-0.1, -0.05) is 0 Å². The number of sulfonamides is 1. The van der Waals surface area contributed by atoms with Gasteiger partial charge in [0.15, 0.2) is 0 Å². The monoisotopic (exact) mass is 255 g/mol. The van der Waals surface area contributed by atoms with Gasteiger partial charge in [0.1, 0.15) is 0 Å². The van der Waals surface area contributed by atoms with Crippen LogP contribution in [0.2, 0.25) is 0 Å². The standard InChI is InChI=1S/C9H18ClNO3S/c1-9(4-6-14-8-9)11-15(12,13)7-3-2-5-10/h11H,2-8H2,1H3. The third-order valence-corrected chi connectivity index (χ3v) is 4.31. The Balaban J connectivity index is 2.41. The fourth-order valence-electron chi connectivity index (χ4n) is 1.56. The second kappa shape index (κ2) is 5.48. The van der Waals surface area contributed by atoms with Crippen molar-refractivity contribution in [2.75, 3.05) is 24.8 Å². The number of nitrogens with one attached hydrogen (secondary N) is 1. The summed E-state index contributed by atoms with van der Waals surface area (Å²) in [7, 11) is -3.18. The molecule has 1 N–H and O–H groups in total. The van der Waals surface area contributed by atoms with Gasteiger partial charge in [-0.15, -0.1) is 11.6 Å². The maximum atomic E-state index is 11.7. The van der Waals surface area contributed by atoms with Crippen LogP contribution in [0.15, 0.2) is 0 Å². The topological polar surface area (TPSA) is 55.4 Å². The molecule has 1 fully saturated rings. The van der Waals surface area contributed by atoms with Gasteiger partial charge in [0, 0.05) is 12.5 Å². The quantitative estimate of drug-likeness (QED) is 0.571. The summed E-state index contributed by atoms with van der Waals surface area (Å²) in [6, 6.07) is 0. The second-order valence-corrected chi connectivity index (χ2v) is 6.40. The number of hydrogen-bond donors (Lipinski definition) is 1. The summed E-state index contributed by atoms with van der Waals surface area (Å²) >= 11 is 5.49. The van der Waals surface area contributed by atoms with Gasteiger partial charge in [0.2, 0.25) is 10.0 Å². The van der Waals surface area contributed by atoms with Crippen molar-refractivity contribution in [1.82, 2.24) is 4.72 Å². The zero-order valence-corrected chi connectivity index (χ0v) is 10.5. The Bertz CT molecular complexity index is 286. The normalized spacial score (nSPS) is 27.1. The molecule has 6 heteroatoms. The van der Waals surface area contributed by atoms with Gasteiger partial charge in [-0.05, 0) is 26.2 Å². The van der Waals surface area contributed by atoms with Gasteiger partial charge in [-0.25, -0.2) is 13.1 Å². The molecule has 1 aliphatic heterocycles. The summed E-state index contributed by atoms with van der Waals surface area (Å²) in [5.74, 6) is 0.658. The van der Waals surface area contributed by atoms with Crippen LogP contribution < -0.4 is 4.72 Å². The number of rotatable bonds is 6. The molecule has 0 bridgehead atoms. The number of halogens is 1. The molecule has 0 radical (unpaired) electrons. The largest absolute Gasteiger partial charge is 0.379 e. The van der Waals surface area contributed by atoms with Gasteiger partial charge >= 0.3 is 0 Å². The van der Waals surface area contributed by atoms with Crippen LogP contribution in [0.25, 0.3) is 0 Å². The first kappa shape index (κ1) is 13.2. The fraction of sp³-hybridized carbons (Fsp3) is 1.00. The lowest BCUT2D eigenvalue weighted by Gasteiger charge is -2.23. The van der Waals surface area contributed by atoms with Gasteiger partial charge < -0.3 is 4.74 Å². The van der Waals surface area contributed by atoms with Crippen LogP contribution in [0.1, 0.15) is 26.2 Å². The Morgan fingerprint density at radius 1 is 1.47 bits per heavy atom. The average molecular weight is 256 g/mol. The third kappa shape index (κ3) is 4.68. The van der Waals surface area contributed by atoms with Gasteiger partial charge in [0.25, 0.3) is 0 Å². The van der Waals surface area contributed by atoms with E-state index in [2.05, 4.69) is 4.72 Å². The molecule has 1 saturated heterocycles. The summed E-state index contributed by atoms with van der Waals surface area (Å²) in [6.07, 6.45) is 2.08. The van der Waals surface area contributed by atoms with E-state index < -0.39 is 15.6 Å². The van der Waals surface area contributed by atoms with Crippen molar-refractivity contribution >= 4 is 21.6 Å². The summed E-state index contributed by atoms with van der Waals surface area (Å²) in [6.45, 7) is 2.96. The Kier molecular flexibility index (Phi) is 4.83. The molecule has 0 aromatic rings. The van der Waals surface area contributed by atoms with E-state index in [0.29, 0.717) is 25.5 Å². The van der Waals surface area contributed by atoms with Crippen LogP contribution in [-0.4, -0.2) is 38.8 Å². The number of alkyl halides is 1. The Labute approximate surface area is 96.4 Å². The van der Waals surface area contributed by atoms with Crippen molar-refractivity contribution < 1.29 is 13.2 Å². The second-order valence-electron chi connectivity index (χ2n) is 4.18. The number of unbranched alkanes of at least 4 members (excludes halogenated alkanes) is 1. The van der Waals surface area contributed by atoms with Crippen LogP contribution in [0.5, 0.6) is 0 Å². The van der Waals surface area contributed by atoms with Crippen molar-refractivity contribution in [2.45, 2.75) is 31.7 Å². The third-order valence-electron chi connectivity index (χ3n) is 2.42. The highest BCUT2D eigenvalue weighted by Gasteiger charge is 2.33. The van der Waals surface area contributed by atoms with E-state index in [0.717, 1.165) is 12.8 Å². The van der Waals surface area contributed by atoms with E-state index in [1.807, 2.05) is 6.92 Å². The summed E-state index contributed by atoms with van der Waals surface area (Å²) in [5, 5.41) is 0. The smallest absolute Gasteiger partial charge is 0.212 e. The number of hydrogen-bond acceptors (Lipinski definition) is 3. The molecule has 1 heterocycles. The zero-order valence-electron chi connectivity index (χ0n) is 8.96. The van der Waals surface area contributed by atoms with E-state index in [1.54, 1.807) is 0 Å². The van der Waals surface area contributed by atoms with E-state index in [1.165, 1.54) is 0 Å². The maximum Gasteiger partial charge on any atom is 0.212 e. The first-order chi connectivity index (χ1) is 6.97. The van der Waals surface area contributed by atoms with Crippen LogP contribution in [0.3, 0.4) is 0 Å². The molecule has 0 aromatic heterocycles. The van der Waals surface area contributed by atoms with Crippen molar-refractivity contribution in [2.24, 2.45) is 0 Å². The van der Waals surface area contributed by atoms with E-state index in [4.69, 9.17) is 16.3 Å². The van der Waals surface area contributed by atoms with Crippen molar-refractivity contribution in [3.8, 4) is 0 Å². The molecule has 90 valence electrons. The molecular formula is C9H18ClNO3S. The molecule has 0 saturated carbocycles. The molecular weight excluding hydrogens is 238 g/mol. The zero-order chi connectivity index (χ0) is 11.4. The predicted molar refractivity (Wildman–Crippen MR) is 60.7 cm³/mol. The Morgan fingerprint density at radius 2 is 2.20 bits per heavy atom. The van der Waals surface area contributed by atoms with Gasteiger partial charge in [-0.3, -0.25) is 0 Å². The summed E-state index contributed by atoms with van der Waals surface area (Å²) < 4.78 is 31.2. The minimum atomic E-state index is -3.18. The molecule has 0 spiro atoms. The molecule has 1 rings (SSSR count). The molecule has 0 aromatic carbocycles. The fourth-order valence-corrected chi connectivity index (χ4v) is 3.35. The SMILES string of the molecule is CC1(NS(=O)(=O)CCCCCl)CCOC1. The Morgan fingerprint density at radius 3 is 2.73 bits per heavy atom. The maximum absolute atomic E-state index is 11.7. The van der Waals surface area contributed by atoms with Gasteiger partial charge in [-0.2, -0.15) is 0 Å². The van der Waals surface area contributed by atoms with Crippen LogP contribution in [0, 0.1) is 0 Å². The molecule has 0 aliphatic carbocycles. The minimum absolute atomic E-state index is 0.148. The van der Waals surface area contributed by atoms with Gasteiger partial charge in [0.05, 0.1) is 17.9 Å². The molecule has 1 unspecified atom stereocenters. The molecule has 0 amide bonds. The van der Waals surface area contributed by atoms with E-state index in [-0.39, 0.29) is 5.75 Å². The van der Waals surface area contributed by atoms with E-state index >= 15 is 0 Å². The van der Waals surface area contributed by atoms with Crippen LogP contribution >= 0.6 is 11.6 Å². The molecule has 15 heavy (non-hydrogen) atoms. The Hall–Kier alpha value is 0.160. The first-order valence-corrected chi connectivity index (χ1v) is 7.31. The molecule has 1 atom stereocenters. The molecule has 1 aliphatic rings. The molecule has 4 nitrogen and oxygen atoms in total. The van der Waals surface area contributed by atoms with Crippen molar-refractivity contribution in [1.29, 1.82) is 0 Å². The highest BCUT2D eigenvalue weighted by molar-refractivity contribution is 7.89. The average Bonchev–Trinajstić information content (AvgIpc) is 2.50. The lowest BCUT2D eigenvalue weighted by atomic mass is 10.0. The highest BCUT2D eigenvalue weighted by atomic mass is 35.5. The summed E-state index contributed by atoms with van der Waals surface area (Å²) in [4.78, 5) is 0. The highest BCUT2D eigenvalue weighted by Crippen LogP contribution is 2.18. The van der Waals surface area contributed by atoms with Crippen LogP contribution in [0.4, 0.5) is 0 Å². The van der Waals surface area contributed by atoms with E-state index in [9.17, 15) is 8.42 Å². The minimum Gasteiger partial charge on any atom is -0.379 e.